The van der Waals surface area contributed by atoms with Gasteiger partial charge in [0, 0.05) is 37.8 Å². The van der Waals surface area contributed by atoms with Crippen molar-refractivity contribution in [3.63, 3.8) is 0 Å². The van der Waals surface area contributed by atoms with Crippen LogP contribution < -0.4 is 0 Å². The number of likely N-dealkylation sites (tertiary alicyclic amines) is 1. The van der Waals surface area contributed by atoms with E-state index in [1.54, 1.807) is 0 Å². The zero-order chi connectivity index (χ0) is 12.7. The molecule has 17 heavy (non-hydrogen) atoms. The number of rotatable bonds is 1. The molecule has 3 nitrogen and oxygen atoms in total. The fourth-order valence-electron chi connectivity index (χ4n) is 2.98. The Morgan fingerprint density at radius 1 is 1.12 bits per heavy atom. The molecular weight excluding hydrogens is 212 g/mol. The summed E-state index contributed by atoms with van der Waals surface area (Å²) in [6, 6.07) is 0.638. The Morgan fingerprint density at radius 3 is 2.35 bits per heavy atom. The van der Waals surface area contributed by atoms with Gasteiger partial charge in [0.15, 0.2) is 0 Å². The van der Waals surface area contributed by atoms with Gasteiger partial charge >= 0.3 is 0 Å². The zero-order valence-electron chi connectivity index (χ0n) is 12.1. The van der Waals surface area contributed by atoms with Gasteiger partial charge < -0.3 is 4.74 Å². The lowest BCUT2D eigenvalue weighted by Crippen LogP contribution is -2.56. The van der Waals surface area contributed by atoms with Crippen LogP contribution in [0.15, 0.2) is 0 Å². The number of nitrogens with zero attached hydrogens (tertiary/aromatic N) is 2. The van der Waals surface area contributed by atoms with Gasteiger partial charge in [0.25, 0.3) is 0 Å². The van der Waals surface area contributed by atoms with Crippen LogP contribution in [0.25, 0.3) is 0 Å². The van der Waals surface area contributed by atoms with Crippen molar-refractivity contribution in [2.45, 2.75) is 58.2 Å². The molecule has 0 amide bonds. The maximum atomic E-state index is 6.15. The molecule has 0 radical (unpaired) electrons. The smallest absolute Gasteiger partial charge is 0.0947 e. The molecule has 2 fully saturated rings. The number of hydrogen-bond donors (Lipinski definition) is 0. The van der Waals surface area contributed by atoms with E-state index in [9.17, 15) is 0 Å². The molecule has 0 saturated carbocycles. The predicted octanol–water partition coefficient (Wildman–Crippen LogP) is 1.97. The first-order chi connectivity index (χ1) is 7.82. The summed E-state index contributed by atoms with van der Waals surface area (Å²) >= 11 is 0. The summed E-state index contributed by atoms with van der Waals surface area (Å²) in [5.41, 5.74) is 0.378. The molecular formula is C14H28N2O. The highest BCUT2D eigenvalue weighted by atomic mass is 16.5. The summed E-state index contributed by atoms with van der Waals surface area (Å²) in [5.74, 6) is 0. The fraction of sp³-hybridized carbons (Fsp3) is 1.00. The Kier molecular flexibility index (Phi) is 3.54. The van der Waals surface area contributed by atoms with Gasteiger partial charge in [0.2, 0.25) is 0 Å². The SMILES string of the molecule is CC(C)N1CCOC2(CCN(C(C)(C)C)C2)C1. The highest BCUT2D eigenvalue weighted by Gasteiger charge is 2.45. The highest BCUT2D eigenvalue weighted by molar-refractivity contribution is 4.99. The first kappa shape index (κ1) is 13.3. The largest absolute Gasteiger partial charge is 0.371 e. The lowest BCUT2D eigenvalue weighted by Gasteiger charge is -2.43. The third-order valence-corrected chi connectivity index (χ3v) is 4.27. The van der Waals surface area contributed by atoms with Gasteiger partial charge in [-0.15, -0.1) is 0 Å². The maximum absolute atomic E-state index is 6.15. The van der Waals surface area contributed by atoms with Crippen LogP contribution in [-0.4, -0.2) is 59.8 Å². The van der Waals surface area contributed by atoms with Gasteiger partial charge in [-0.2, -0.15) is 0 Å². The molecule has 2 rings (SSSR count). The molecule has 1 atom stereocenters. The second kappa shape index (κ2) is 4.52. The van der Waals surface area contributed by atoms with Crippen molar-refractivity contribution in [2.24, 2.45) is 0 Å². The maximum Gasteiger partial charge on any atom is 0.0947 e. The van der Waals surface area contributed by atoms with E-state index >= 15 is 0 Å². The normalized spacial score (nSPS) is 32.8. The molecule has 2 heterocycles. The van der Waals surface area contributed by atoms with Crippen molar-refractivity contribution >= 4 is 0 Å². The van der Waals surface area contributed by atoms with Crippen LogP contribution in [0.5, 0.6) is 0 Å². The molecule has 1 spiro atoms. The molecule has 0 bridgehead atoms. The zero-order valence-corrected chi connectivity index (χ0v) is 12.1. The molecule has 2 saturated heterocycles. The highest BCUT2D eigenvalue weighted by Crippen LogP contribution is 2.33. The summed E-state index contributed by atoms with van der Waals surface area (Å²) < 4.78 is 6.15. The fourth-order valence-corrected chi connectivity index (χ4v) is 2.98. The van der Waals surface area contributed by atoms with Gasteiger partial charge in [-0.3, -0.25) is 9.80 Å². The Bertz CT molecular complexity index is 272. The monoisotopic (exact) mass is 240 g/mol. The number of hydrogen-bond acceptors (Lipinski definition) is 3. The number of ether oxygens (including phenoxy) is 1. The van der Waals surface area contributed by atoms with E-state index in [1.165, 1.54) is 13.0 Å². The van der Waals surface area contributed by atoms with Crippen LogP contribution in [0.3, 0.4) is 0 Å². The van der Waals surface area contributed by atoms with Gasteiger partial charge in [-0.25, -0.2) is 0 Å². The minimum absolute atomic E-state index is 0.107. The van der Waals surface area contributed by atoms with E-state index in [1.807, 2.05) is 0 Å². The quantitative estimate of drug-likeness (QED) is 0.697. The van der Waals surface area contributed by atoms with Crippen molar-refractivity contribution in [1.29, 1.82) is 0 Å². The van der Waals surface area contributed by atoms with E-state index in [0.717, 1.165) is 26.2 Å². The molecule has 0 aromatic carbocycles. The lowest BCUT2D eigenvalue weighted by atomic mass is 9.99. The van der Waals surface area contributed by atoms with Crippen LogP contribution in [-0.2, 0) is 4.74 Å². The lowest BCUT2D eigenvalue weighted by molar-refractivity contribution is -0.111. The molecule has 100 valence electrons. The van der Waals surface area contributed by atoms with Gasteiger partial charge in [0.1, 0.15) is 0 Å². The minimum Gasteiger partial charge on any atom is -0.371 e. The van der Waals surface area contributed by atoms with Gasteiger partial charge in [-0.05, 0) is 41.0 Å². The van der Waals surface area contributed by atoms with Crippen LogP contribution in [0.2, 0.25) is 0 Å². The Balaban J connectivity index is 2.02. The molecule has 3 heteroatoms. The summed E-state index contributed by atoms with van der Waals surface area (Å²) in [4.78, 5) is 5.13. The second-order valence-corrected chi connectivity index (χ2v) is 6.94. The molecule has 0 aromatic rings. The third-order valence-electron chi connectivity index (χ3n) is 4.27. The first-order valence-electron chi connectivity index (χ1n) is 6.95. The summed E-state index contributed by atoms with van der Waals surface area (Å²) in [6.07, 6.45) is 1.19. The average molecular weight is 240 g/mol. The van der Waals surface area contributed by atoms with Crippen LogP contribution in [0.4, 0.5) is 0 Å². The van der Waals surface area contributed by atoms with E-state index in [2.05, 4.69) is 44.4 Å². The average Bonchev–Trinajstić information content (AvgIpc) is 2.62. The predicted molar refractivity (Wildman–Crippen MR) is 71.3 cm³/mol. The third kappa shape index (κ3) is 2.83. The topological polar surface area (TPSA) is 15.7 Å². The Labute approximate surface area is 106 Å². The molecule has 2 aliphatic rings. The van der Waals surface area contributed by atoms with E-state index in [0.29, 0.717) is 6.04 Å². The summed E-state index contributed by atoms with van der Waals surface area (Å²) in [7, 11) is 0. The standard InChI is InChI=1S/C14H28N2O/c1-12(2)15-8-9-17-14(10-15)6-7-16(11-14)13(3,4)5/h12H,6-11H2,1-5H3. The van der Waals surface area contributed by atoms with Crippen molar-refractivity contribution in [1.82, 2.24) is 9.80 Å². The van der Waals surface area contributed by atoms with Gasteiger partial charge in [0.05, 0.1) is 12.2 Å². The van der Waals surface area contributed by atoms with E-state index in [4.69, 9.17) is 4.74 Å². The second-order valence-electron chi connectivity index (χ2n) is 6.94. The van der Waals surface area contributed by atoms with Crippen LogP contribution >= 0.6 is 0 Å². The number of morpholine rings is 1. The molecule has 0 aromatic heterocycles. The Morgan fingerprint density at radius 2 is 1.82 bits per heavy atom. The minimum atomic E-state index is 0.107. The molecule has 0 aliphatic carbocycles. The molecule has 0 N–H and O–H groups in total. The van der Waals surface area contributed by atoms with Crippen molar-refractivity contribution in [3.05, 3.63) is 0 Å². The molecule has 2 aliphatic heterocycles. The van der Waals surface area contributed by atoms with Crippen molar-refractivity contribution in [2.75, 3.05) is 32.8 Å². The summed E-state index contributed by atoms with van der Waals surface area (Å²) in [6.45, 7) is 16.8. The Hall–Kier alpha value is -0.120. The first-order valence-corrected chi connectivity index (χ1v) is 6.95. The van der Waals surface area contributed by atoms with E-state index in [-0.39, 0.29) is 11.1 Å². The van der Waals surface area contributed by atoms with Crippen LogP contribution in [0.1, 0.15) is 41.0 Å². The van der Waals surface area contributed by atoms with Crippen LogP contribution in [0, 0.1) is 0 Å². The van der Waals surface area contributed by atoms with E-state index < -0.39 is 0 Å². The van der Waals surface area contributed by atoms with Crippen molar-refractivity contribution < 1.29 is 4.74 Å². The molecule has 1 unspecified atom stereocenters. The summed E-state index contributed by atoms with van der Waals surface area (Å²) in [5, 5.41) is 0. The van der Waals surface area contributed by atoms with Gasteiger partial charge in [-0.1, -0.05) is 0 Å². The van der Waals surface area contributed by atoms with Crippen molar-refractivity contribution in [3.8, 4) is 0 Å².